The summed E-state index contributed by atoms with van der Waals surface area (Å²) in [6.45, 7) is 5.27. The lowest BCUT2D eigenvalue weighted by molar-refractivity contribution is 0.242. The van der Waals surface area contributed by atoms with Crippen molar-refractivity contribution in [3.05, 3.63) is 29.3 Å². The van der Waals surface area contributed by atoms with Gasteiger partial charge in [-0.3, -0.25) is 0 Å². The Labute approximate surface area is 160 Å². The van der Waals surface area contributed by atoms with Gasteiger partial charge in [-0.15, -0.1) is 10.2 Å². The molecule has 1 atom stereocenters. The van der Waals surface area contributed by atoms with Crippen LogP contribution in [0.5, 0.6) is 11.5 Å². The number of likely N-dealkylation sites (tertiary alicyclic amines) is 1. The average molecular weight is 368 g/mol. The fourth-order valence-corrected chi connectivity index (χ4v) is 4.45. The van der Waals surface area contributed by atoms with E-state index in [1.807, 2.05) is 13.0 Å². The number of aromatic hydroxyl groups is 1. The van der Waals surface area contributed by atoms with Crippen molar-refractivity contribution in [1.29, 1.82) is 0 Å². The average Bonchev–Trinajstić information content (AvgIpc) is 2.66. The van der Waals surface area contributed by atoms with Gasteiger partial charge in [0.25, 0.3) is 0 Å². The quantitative estimate of drug-likeness (QED) is 0.899. The molecule has 1 aromatic carbocycles. The van der Waals surface area contributed by atoms with Gasteiger partial charge in [0.15, 0.2) is 5.82 Å². The maximum atomic E-state index is 10.5. The lowest BCUT2D eigenvalue weighted by Crippen LogP contribution is -2.49. The number of methoxy groups -OCH3 is 1. The fraction of sp³-hybridized carbons (Fsp3) is 0.524. The van der Waals surface area contributed by atoms with Gasteiger partial charge in [-0.1, -0.05) is 0 Å². The van der Waals surface area contributed by atoms with Crippen molar-refractivity contribution in [3.63, 3.8) is 0 Å². The minimum atomic E-state index is 0.183. The fourth-order valence-electron chi connectivity index (χ4n) is 4.45. The Morgan fingerprint density at radius 3 is 2.74 bits per heavy atom. The highest BCUT2D eigenvalue weighted by Crippen LogP contribution is 2.37. The summed E-state index contributed by atoms with van der Waals surface area (Å²) in [5, 5.41) is 19.6. The Balaban J connectivity index is 1.68. The first-order valence-corrected chi connectivity index (χ1v) is 9.76. The number of phenols is 1. The van der Waals surface area contributed by atoms with Crippen molar-refractivity contribution in [1.82, 2.24) is 15.1 Å². The van der Waals surface area contributed by atoms with E-state index in [2.05, 4.69) is 33.1 Å². The number of hydrogen-bond donors (Lipinski definition) is 1. The zero-order valence-electron chi connectivity index (χ0n) is 16.4. The molecule has 1 aromatic heterocycles. The van der Waals surface area contributed by atoms with Gasteiger partial charge >= 0.3 is 0 Å². The highest BCUT2D eigenvalue weighted by molar-refractivity contribution is 5.73. The van der Waals surface area contributed by atoms with Crippen molar-refractivity contribution in [2.75, 3.05) is 38.7 Å². The number of anilines is 1. The first kappa shape index (κ1) is 18.0. The summed E-state index contributed by atoms with van der Waals surface area (Å²) in [5.74, 6) is 1.85. The zero-order chi connectivity index (χ0) is 19.0. The number of hydrogen-bond acceptors (Lipinski definition) is 6. The summed E-state index contributed by atoms with van der Waals surface area (Å²) in [6.07, 6.45) is 4.59. The van der Waals surface area contributed by atoms with E-state index in [0.717, 1.165) is 48.6 Å². The molecule has 27 heavy (non-hydrogen) atoms. The molecule has 1 N–H and O–H groups in total. The predicted molar refractivity (Wildman–Crippen MR) is 107 cm³/mol. The molecule has 2 aliphatic rings. The first-order valence-electron chi connectivity index (χ1n) is 9.76. The summed E-state index contributed by atoms with van der Waals surface area (Å²) < 4.78 is 5.24. The van der Waals surface area contributed by atoms with E-state index in [-0.39, 0.29) is 5.75 Å². The van der Waals surface area contributed by atoms with E-state index in [4.69, 9.17) is 4.74 Å². The molecule has 2 aliphatic heterocycles. The third kappa shape index (κ3) is 3.46. The van der Waals surface area contributed by atoms with Crippen molar-refractivity contribution >= 4 is 5.82 Å². The van der Waals surface area contributed by atoms with Crippen LogP contribution in [0.15, 0.2) is 18.2 Å². The molecule has 0 radical (unpaired) electrons. The molecule has 2 aromatic rings. The molecule has 0 spiro atoms. The minimum Gasteiger partial charge on any atom is -0.507 e. The molecule has 0 amide bonds. The molecule has 1 fully saturated rings. The van der Waals surface area contributed by atoms with Gasteiger partial charge in [0.1, 0.15) is 11.5 Å². The monoisotopic (exact) mass is 368 g/mol. The van der Waals surface area contributed by atoms with Crippen LogP contribution in [0.25, 0.3) is 11.3 Å². The van der Waals surface area contributed by atoms with E-state index >= 15 is 0 Å². The van der Waals surface area contributed by atoms with Crippen molar-refractivity contribution in [3.8, 4) is 22.8 Å². The van der Waals surface area contributed by atoms with Crippen LogP contribution in [-0.2, 0) is 6.42 Å². The number of ether oxygens (including phenoxy) is 1. The lowest BCUT2D eigenvalue weighted by Gasteiger charge is -2.41. The maximum Gasteiger partial charge on any atom is 0.154 e. The number of rotatable bonds is 3. The molecule has 1 saturated heterocycles. The van der Waals surface area contributed by atoms with E-state index in [1.54, 1.807) is 13.2 Å². The molecule has 0 unspecified atom stereocenters. The SMILES string of the molecule is COc1cc(C)c(-c2cc3c(nn2)N([C@@H]2CCCN(C)C2)CCC3)c(O)c1. The van der Waals surface area contributed by atoms with E-state index in [9.17, 15) is 5.11 Å². The van der Waals surface area contributed by atoms with Crippen LogP contribution in [0.2, 0.25) is 0 Å². The maximum absolute atomic E-state index is 10.5. The molecule has 0 bridgehead atoms. The smallest absolute Gasteiger partial charge is 0.154 e. The summed E-state index contributed by atoms with van der Waals surface area (Å²) in [4.78, 5) is 4.86. The molecule has 3 heterocycles. The predicted octanol–water partition coefficient (Wildman–Crippen LogP) is 3.01. The lowest BCUT2D eigenvalue weighted by atomic mass is 9.97. The Morgan fingerprint density at radius 1 is 1.15 bits per heavy atom. The van der Waals surface area contributed by atoms with E-state index in [1.165, 1.54) is 24.9 Å². The molecular formula is C21H28N4O2. The number of aryl methyl sites for hydroxylation is 2. The van der Waals surface area contributed by atoms with Gasteiger partial charge in [0.2, 0.25) is 0 Å². The Bertz CT molecular complexity index is 816. The van der Waals surface area contributed by atoms with Crippen LogP contribution in [0.4, 0.5) is 5.82 Å². The van der Waals surface area contributed by atoms with Crippen molar-refractivity contribution in [2.45, 2.75) is 38.6 Å². The molecule has 0 saturated carbocycles. The molecule has 0 aliphatic carbocycles. The second kappa shape index (κ2) is 7.35. The van der Waals surface area contributed by atoms with Crippen LogP contribution in [0, 0.1) is 6.92 Å². The summed E-state index contributed by atoms with van der Waals surface area (Å²) >= 11 is 0. The molecule has 144 valence electrons. The minimum absolute atomic E-state index is 0.183. The Kier molecular flexibility index (Phi) is 4.91. The highest BCUT2D eigenvalue weighted by Gasteiger charge is 2.29. The number of nitrogens with zero attached hydrogens (tertiary/aromatic N) is 4. The van der Waals surface area contributed by atoms with Gasteiger partial charge in [-0.2, -0.15) is 0 Å². The molecule has 6 nitrogen and oxygen atoms in total. The van der Waals surface area contributed by atoms with Gasteiger partial charge in [0, 0.05) is 30.8 Å². The number of piperidine rings is 1. The third-order valence-electron chi connectivity index (χ3n) is 5.79. The number of phenolic OH excluding ortho intramolecular Hbond substituents is 1. The Hall–Kier alpha value is -2.34. The molecule has 6 heteroatoms. The summed E-state index contributed by atoms with van der Waals surface area (Å²) in [6, 6.07) is 6.17. The number of aromatic nitrogens is 2. The summed E-state index contributed by atoms with van der Waals surface area (Å²) in [7, 11) is 3.80. The van der Waals surface area contributed by atoms with Crippen LogP contribution >= 0.6 is 0 Å². The zero-order valence-corrected chi connectivity index (χ0v) is 16.4. The van der Waals surface area contributed by atoms with Crippen molar-refractivity contribution < 1.29 is 9.84 Å². The molecular weight excluding hydrogens is 340 g/mol. The van der Waals surface area contributed by atoms with Gasteiger partial charge in [-0.05, 0) is 69.5 Å². The largest absolute Gasteiger partial charge is 0.507 e. The van der Waals surface area contributed by atoms with Gasteiger partial charge < -0.3 is 19.6 Å². The van der Waals surface area contributed by atoms with Gasteiger partial charge in [-0.25, -0.2) is 0 Å². The summed E-state index contributed by atoms with van der Waals surface area (Å²) in [5.41, 5.74) is 3.63. The second-order valence-corrected chi connectivity index (χ2v) is 7.77. The van der Waals surface area contributed by atoms with E-state index in [0.29, 0.717) is 11.8 Å². The van der Waals surface area contributed by atoms with Crippen LogP contribution in [-0.4, -0.2) is 60.0 Å². The van der Waals surface area contributed by atoms with Crippen LogP contribution in [0.1, 0.15) is 30.4 Å². The Morgan fingerprint density at radius 2 is 2.00 bits per heavy atom. The normalized spacial score (nSPS) is 20.4. The van der Waals surface area contributed by atoms with E-state index < -0.39 is 0 Å². The third-order valence-corrected chi connectivity index (χ3v) is 5.79. The van der Waals surface area contributed by atoms with Crippen LogP contribution < -0.4 is 9.64 Å². The van der Waals surface area contributed by atoms with Gasteiger partial charge in [0.05, 0.1) is 12.8 Å². The van der Waals surface area contributed by atoms with Crippen molar-refractivity contribution in [2.24, 2.45) is 0 Å². The van der Waals surface area contributed by atoms with Crippen LogP contribution in [0.3, 0.4) is 0 Å². The first-order chi connectivity index (χ1) is 13.1. The standard InChI is InChI=1S/C21H28N4O2/c1-14-10-17(27-3)12-19(26)20(14)18-11-15-6-4-9-25(21(15)23-22-18)16-7-5-8-24(2)13-16/h10-12,16,26H,4-9,13H2,1-3H3/t16-/m1/s1. The topological polar surface area (TPSA) is 61.7 Å². The number of fused-ring (bicyclic) bond motifs is 1. The number of likely N-dealkylation sites (N-methyl/N-ethyl adjacent to an activating group) is 1. The molecule has 4 rings (SSSR count). The second-order valence-electron chi connectivity index (χ2n) is 7.77. The number of benzene rings is 1. The highest BCUT2D eigenvalue weighted by atomic mass is 16.5.